The molecule has 0 atom stereocenters. The normalized spacial score (nSPS) is 18.0. The Hall–Kier alpha value is -2.45. The summed E-state index contributed by atoms with van der Waals surface area (Å²) in [6.07, 6.45) is 5.23. The second-order valence-electron chi connectivity index (χ2n) is 10.2. The lowest BCUT2D eigenvalue weighted by Gasteiger charge is -2.42. The Morgan fingerprint density at radius 1 is 1.12 bits per heavy atom. The lowest BCUT2D eigenvalue weighted by molar-refractivity contribution is 0.0682. The van der Waals surface area contributed by atoms with Crippen molar-refractivity contribution < 1.29 is 18.3 Å². The Morgan fingerprint density at radius 2 is 1.66 bits per heavy atom. The Kier molecular flexibility index (Phi) is 5.93. The van der Waals surface area contributed by atoms with Gasteiger partial charge in [0, 0.05) is 20.3 Å². The van der Waals surface area contributed by atoms with Gasteiger partial charge >= 0.3 is 16.2 Å². The second kappa shape index (κ2) is 7.85. The maximum Gasteiger partial charge on any atom is 0.373 e. The van der Waals surface area contributed by atoms with Crippen LogP contribution in [-0.2, 0) is 21.0 Å². The Morgan fingerprint density at radius 3 is 2.16 bits per heavy atom. The van der Waals surface area contributed by atoms with Crippen molar-refractivity contribution in [3.05, 3.63) is 52.1 Å². The molecule has 0 unspecified atom stereocenters. The fourth-order valence-corrected chi connectivity index (χ4v) is 5.32. The molecule has 0 aliphatic heterocycles. The van der Waals surface area contributed by atoms with Crippen LogP contribution in [-0.4, -0.2) is 46.9 Å². The minimum absolute atomic E-state index is 0.0609. The van der Waals surface area contributed by atoms with Gasteiger partial charge in [0.05, 0.1) is 5.69 Å². The molecule has 1 aromatic carbocycles. The van der Waals surface area contributed by atoms with Crippen LogP contribution < -0.4 is 0 Å². The summed E-state index contributed by atoms with van der Waals surface area (Å²) in [5, 5.41) is 9.47. The number of allylic oxidation sites excluding steroid dienone is 1. The van der Waals surface area contributed by atoms with Crippen molar-refractivity contribution in [3.8, 4) is 0 Å². The predicted molar refractivity (Wildman–Crippen MR) is 127 cm³/mol. The SMILES string of the molecule is C/C(=C\c1cn(S(=O)(=O)N(C)C)c(C(=O)O)n1)c1cc2c(cc1C)C(C)(C)CCC2(C)C. The molecule has 7 nitrogen and oxygen atoms in total. The van der Waals surface area contributed by atoms with Crippen LogP contribution in [0, 0.1) is 6.92 Å². The number of aromatic carboxylic acids is 1. The van der Waals surface area contributed by atoms with E-state index in [1.165, 1.54) is 31.4 Å². The maximum absolute atomic E-state index is 12.5. The van der Waals surface area contributed by atoms with Crippen molar-refractivity contribution in [1.29, 1.82) is 0 Å². The number of aryl methyl sites for hydroxylation is 1. The number of carbonyl (C=O) groups is 1. The van der Waals surface area contributed by atoms with Crippen molar-refractivity contribution in [1.82, 2.24) is 13.3 Å². The number of fused-ring (bicyclic) bond motifs is 1. The van der Waals surface area contributed by atoms with Crippen LogP contribution in [0.15, 0.2) is 18.3 Å². The van der Waals surface area contributed by atoms with Crippen LogP contribution in [0.2, 0.25) is 0 Å². The first-order chi connectivity index (χ1) is 14.6. The summed E-state index contributed by atoms with van der Waals surface area (Å²) in [7, 11) is -1.31. The van der Waals surface area contributed by atoms with Crippen LogP contribution in [0.3, 0.4) is 0 Å². The quantitative estimate of drug-likeness (QED) is 0.713. The number of aromatic nitrogens is 2. The molecular formula is C24H33N3O4S. The zero-order chi connectivity index (χ0) is 24.2. The van der Waals surface area contributed by atoms with E-state index in [-0.39, 0.29) is 16.5 Å². The van der Waals surface area contributed by atoms with Gasteiger partial charge in [0.15, 0.2) is 0 Å². The van der Waals surface area contributed by atoms with Crippen molar-refractivity contribution in [2.45, 2.75) is 65.2 Å². The molecule has 0 amide bonds. The zero-order valence-corrected chi connectivity index (χ0v) is 21.0. The molecule has 0 saturated heterocycles. The fourth-order valence-electron chi connectivity index (χ4n) is 4.39. The molecule has 1 aromatic heterocycles. The number of rotatable bonds is 5. The molecule has 0 fully saturated rings. The van der Waals surface area contributed by atoms with E-state index >= 15 is 0 Å². The highest BCUT2D eigenvalue weighted by Crippen LogP contribution is 2.47. The molecule has 2 aromatic rings. The Labute approximate surface area is 191 Å². The second-order valence-corrected chi connectivity index (χ2v) is 12.2. The summed E-state index contributed by atoms with van der Waals surface area (Å²) in [5.41, 5.74) is 6.23. The van der Waals surface area contributed by atoms with Gasteiger partial charge in [0.1, 0.15) is 0 Å². The molecule has 1 aliphatic rings. The molecule has 1 N–H and O–H groups in total. The average Bonchev–Trinajstić information content (AvgIpc) is 3.10. The first kappa shape index (κ1) is 24.2. The fraction of sp³-hybridized carbons (Fsp3) is 0.500. The lowest BCUT2D eigenvalue weighted by Crippen LogP contribution is -2.34. The largest absolute Gasteiger partial charge is 0.475 e. The van der Waals surface area contributed by atoms with Crippen molar-refractivity contribution >= 4 is 27.8 Å². The van der Waals surface area contributed by atoms with Crippen molar-refractivity contribution in [2.75, 3.05) is 14.1 Å². The summed E-state index contributed by atoms with van der Waals surface area (Å²) in [6, 6.07) is 4.50. The Bertz CT molecular complexity index is 1220. The summed E-state index contributed by atoms with van der Waals surface area (Å²) < 4.78 is 26.7. The first-order valence-electron chi connectivity index (χ1n) is 10.7. The topological polar surface area (TPSA) is 92.5 Å². The molecule has 3 rings (SSSR count). The number of carboxylic acid groups (broad SMARTS) is 1. The maximum atomic E-state index is 12.5. The molecule has 1 aliphatic carbocycles. The van der Waals surface area contributed by atoms with E-state index in [0.29, 0.717) is 3.97 Å². The molecule has 0 spiro atoms. The minimum atomic E-state index is -4.00. The predicted octanol–water partition coefficient (Wildman–Crippen LogP) is 4.45. The van der Waals surface area contributed by atoms with Gasteiger partial charge in [-0.3, -0.25) is 0 Å². The molecule has 1 heterocycles. The highest BCUT2D eigenvalue weighted by atomic mass is 32.2. The van der Waals surface area contributed by atoms with Gasteiger partial charge in [-0.15, -0.1) is 0 Å². The van der Waals surface area contributed by atoms with Crippen LogP contribution >= 0.6 is 0 Å². The van der Waals surface area contributed by atoms with Crippen molar-refractivity contribution in [3.63, 3.8) is 0 Å². The lowest BCUT2D eigenvalue weighted by atomic mass is 9.62. The summed E-state index contributed by atoms with van der Waals surface area (Å²) in [4.78, 5) is 15.7. The van der Waals surface area contributed by atoms with E-state index in [4.69, 9.17) is 0 Å². The number of hydrogen-bond acceptors (Lipinski definition) is 4. The van der Waals surface area contributed by atoms with E-state index in [1.54, 1.807) is 6.08 Å². The number of nitrogens with zero attached hydrogens (tertiary/aromatic N) is 3. The number of carboxylic acids is 1. The monoisotopic (exact) mass is 459 g/mol. The van der Waals surface area contributed by atoms with Gasteiger partial charge in [-0.05, 0) is 71.4 Å². The smallest absolute Gasteiger partial charge is 0.373 e. The van der Waals surface area contributed by atoms with Gasteiger partial charge in [0.25, 0.3) is 0 Å². The standard InChI is InChI=1S/C24H33N3O4S/c1-15(11-17-14-27(21(25-17)22(28)29)32(30,31)26(7)8)18-13-20-19(12-16(18)2)23(3,4)9-10-24(20,5)6/h11-14H,9-10H2,1-8H3,(H,28,29)/b15-11+. The summed E-state index contributed by atoms with van der Waals surface area (Å²) >= 11 is 0. The van der Waals surface area contributed by atoms with E-state index in [2.05, 4.69) is 51.7 Å². The average molecular weight is 460 g/mol. The minimum Gasteiger partial charge on any atom is -0.475 e. The summed E-state index contributed by atoms with van der Waals surface area (Å²) in [5.74, 6) is -1.94. The van der Waals surface area contributed by atoms with Crippen LogP contribution in [0.5, 0.6) is 0 Å². The van der Waals surface area contributed by atoms with E-state index in [0.717, 1.165) is 33.8 Å². The first-order valence-corrected chi connectivity index (χ1v) is 12.1. The highest BCUT2D eigenvalue weighted by Gasteiger charge is 2.37. The van der Waals surface area contributed by atoms with Gasteiger partial charge in [-0.25, -0.2) is 13.8 Å². The van der Waals surface area contributed by atoms with E-state index in [9.17, 15) is 18.3 Å². The van der Waals surface area contributed by atoms with Crippen LogP contribution in [0.25, 0.3) is 11.6 Å². The summed E-state index contributed by atoms with van der Waals surface area (Å²) in [6.45, 7) is 13.1. The third-order valence-electron chi connectivity index (χ3n) is 6.58. The third kappa shape index (κ3) is 4.13. The Balaban J connectivity index is 2.14. The third-order valence-corrected chi connectivity index (χ3v) is 8.28. The van der Waals surface area contributed by atoms with E-state index < -0.39 is 22.0 Å². The number of hydrogen-bond donors (Lipinski definition) is 1. The number of benzene rings is 1. The van der Waals surface area contributed by atoms with Gasteiger partial charge in [0.2, 0.25) is 5.82 Å². The molecular weight excluding hydrogens is 426 g/mol. The number of imidazole rings is 1. The van der Waals surface area contributed by atoms with Crippen LogP contribution in [0.4, 0.5) is 0 Å². The van der Waals surface area contributed by atoms with Crippen LogP contribution in [0.1, 0.15) is 86.0 Å². The molecule has 0 bridgehead atoms. The molecule has 8 heteroatoms. The molecule has 0 radical (unpaired) electrons. The molecule has 174 valence electrons. The molecule has 32 heavy (non-hydrogen) atoms. The highest BCUT2D eigenvalue weighted by molar-refractivity contribution is 7.87. The van der Waals surface area contributed by atoms with Gasteiger partial charge < -0.3 is 5.11 Å². The van der Waals surface area contributed by atoms with Gasteiger partial charge in [-0.1, -0.05) is 39.8 Å². The van der Waals surface area contributed by atoms with Gasteiger partial charge in [-0.2, -0.15) is 12.7 Å². The zero-order valence-electron chi connectivity index (χ0n) is 20.1. The molecule has 0 saturated carbocycles. The van der Waals surface area contributed by atoms with E-state index in [1.807, 2.05) is 6.92 Å². The van der Waals surface area contributed by atoms with Crippen molar-refractivity contribution in [2.24, 2.45) is 0 Å².